The van der Waals surface area contributed by atoms with Crippen LogP contribution in [0.3, 0.4) is 0 Å². The molecule has 10 atom stereocenters. The summed E-state index contributed by atoms with van der Waals surface area (Å²) < 4.78 is 18.0. The zero-order valence-corrected chi connectivity index (χ0v) is 11.9. The van der Waals surface area contributed by atoms with Gasteiger partial charge in [0.1, 0.15) is 54.9 Å². The van der Waals surface area contributed by atoms with Crippen molar-refractivity contribution in [3.8, 4) is 0 Å². The van der Waals surface area contributed by atoms with Crippen LogP contribution in [0.4, 0.5) is 0 Å². The van der Waals surface area contributed by atoms with Crippen LogP contribution in [-0.4, -0.2) is 120 Å². The Morgan fingerprint density at radius 3 is 1.83 bits per heavy atom. The first-order valence-corrected chi connectivity index (χ1v) is 6.93. The number of aliphatic hydroxyl groups excluding tert-OH is 8. The molecule has 0 spiro atoms. The highest BCUT2D eigenvalue weighted by atomic mass is 16.7. The second-order valence-electron chi connectivity index (χ2n) is 5.59. The van der Waals surface area contributed by atoms with Crippen molar-refractivity contribution in [3.63, 3.8) is 0 Å². The van der Waals surface area contributed by atoms with Gasteiger partial charge in [-0.2, -0.15) is 0 Å². The van der Waals surface area contributed by atoms with Gasteiger partial charge in [-0.3, -0.25) is 0 Å². The number of hydrogen-bond acceptors (Lipinski definition) is 11. The molecule has 0 bridgehead atoms. The Morgan fingerprint density at radius 2 is 1.30 bits per heavy atom. The maximum atomic E-state index is 10.6. The lowest BCUT2D eigenvalue weighted by Crippen LogP contribution is -2.75. The predicted molar refractivity (Wildman–Crippen MR) is 68.7 cm³/mol. The van der Waals surface area contributed by atoms with Gasteiger partial charge in [-0.05, 0) is 0 Å². The summed E-state index contributed by atoms with van der Waals surface area (Å²) in [5.41, 5.74) is 0. The van der Waals surface area contributed by atoms with Crippen LogP contribution < -0.4 is 0 Å². The van der Waals surface area contributed by atoms with E-state index in [1.165, 1.54) is 0 Å². The molecule has 23 heavy (non-hydrogen) atoms. The van der Waals surface area contributed by atoms with Gasteiger partial charge >= 0.3 is 0 Å². The molecule has 2 saturated heterocycles. The van der Waals surface area contributed by atoms with E-state index in [9.17, 15) is 35.7 Å². The summed E-state index contributed by atoms with van der Waals surface area (Å²) in [6.07, 6.45) is -18.9. The van der Waals surface area contributed by atoms with Crippen LogP contribution in [0.5, 0.6) is 0 Å². The highest BCUT2D eigenvalue weighted by Gasteiger charge is 2.62. The van der Waals surface area contributed by atoms with Crippen LogP contribution in [0.15, 0.2) is 0 Å². The first-order valence-electron chi connectivity index (χ1n) is 7.43. The van der Waals surface area contributed by atoms with E-state index < -0.39 is 73.9 Å². The van der Waals surface area contributed by atoms with Crippen LogP contribution in [0.2, 0.25) is 0 Å². The molecule has 0 radical (unpaired) electrons. The summed E-state index contributed by atoms with van der Waals surface area (Å²) in [5, 5.41) is 88.1. The third-order valence-electron chi connectivity index (χ3n) is 4.10. The lowest BCUT2D eigenvalue weighted by molar-refractivity contribution is -0.406. The van der Waals surface area contributed by atoms with E-state index in [0.717, 1.165) is 0 Å². The Kier molecular flexibility index (Phi) is 5.15. The van der Waals surface area contributed by atoms with E-state index >= 15 is 0 Å². The summed E-state index contributed by atoms with van der Waals surface area (Å²) >= 11 is 0. The number of hydrogen-bond donors (Lipinski definition) is 9. The molecule has 11 heteroatoms. The number of ether oxygens (including phenoxy) is 2. The van der Waals surface area contributed by atoms with Crippen molar-refractivity contribution in [1.29, 1.82) is 0 Å². The van der Waals surface area contributed by atoms with Crippen LogP contribution in [0.25, 0.3) is 0 Å². The minimum absolute atomic E-state index is 0.910. The van der Waals surface area contributed by atoms with Crippen molar-refractivity contribution in [3.05, 3.63) is 0 Å². The van der Waals surface area contributed by atoms with Crippen molar-refractivity contribution in [2.75, 3.05) is 13.2 Å². The molecule has 0 saturated carbocycles. The van der Waals surface area contributed by atoms with E-state index in [2.05, 4.69) is 0 Å². The first kappa shape index (κ1) is 17.4. The fourth-order valence-corrected chi connectivity index (χ4v) is 2.66. The van der Waals surface area contributed by atoms with Crippen LogP contribution >= 0.6 is 0 Å². The number of aliphatic hydroxyl groups is 9. The average Bonchev–Trinajstić information content (AvgIpc) is 2.57. The van der Waals surface area contributed by atoms with E-state index in [1.54, 1.807) is 0 Å². The molecule has 0 aromatic rings. The van der Waals surface area contributed by atoms with Crippen molar-refractivity contribution in [1.82, 2.24) is 0 Å². The third-order valence-corrected chi connectivity index (χ3v) is 4.10. The molecule has 11 nitrogen and oxygen atoms in total. The maximum absolute atomic E-state index is 10.6. The molecule has 0 aromatic heterocycles. The quantitative estimate of drug-likeness (QED) is 0.236. The third kappa shape index (κ3) is 2.99. The van der Waals surface area contributed by atoms with Crippen LogP contribution in [0.1, 0.15) is 1.37 Å². The topological polar surface area (TPSA) is 201 Å². The lowest BCUT2D eigenvalue weighted by Gasteiger charge is -2.52. The fourth-order valence-electron chi connectivity index (χ4n) is 2.66. The van der Waals surface area contributed by atoms with Crippen molar-refractivity contribution in [2.45, 2.75) is 60.7 Å². The van der Waals surface area contributed by atoms with Gasteiger partial charge in [0.05, 0.1) is 14.6 Å². The molecule has 2 fully saturated rings. The molecule has 9 N–H and O–H groups in total. The van der Waals surface area contributed by atoms with E-state index in [4.69, 9.17) is 21.1 Å². The molecule has 1 unspecified atom stereocenters. The summed E-state index contributed by atoms with van der Waals surface area (Å²) in [5.74, 6) is -3.22. The van der Waals surface area contributed by atoms with E-state index in [-0.39, 0.29) is 0 Å². The van der Waals surface area contributed by atoms with Crippen molar-refractivity contribution in [2.24, 2.45) is 0 Å². The van der Waals surface area contributed by atoms with Gasteiger partial charge in [0.15, 0.2) is 0 Å². The Balaban J connectivity index is 2.45. The molecule has 2 rings (SSSR count). The summed E-state index contributed by atoms with van der Waals surface area (Å²) in [6.45, 7) is -1.83. The molecule has 0 aliphatic carbocycles. The SMILES string of the molecule is [2H][C@@]1(C2(O)O[C@H](CO)[C@@H](O)[C@H](O)[C@H]2O)O[C@H](CO)[C@@H](O)[C@H](O)[C@H]1O. The van der Waals surface area contributed by atoms with Gasteiger partial charge in [-0.25, -0.2) is 0 Å². The zero-order valence-electron chi connectivity index (χ0n) is 12.9. The summed E-state index contributed by atoms with van der Waals surface area (Å²) in [6, 6.07) is 0. The van der Waals surface area contributed by atoms with Gasteiger partial charge in [-0.15, -0.1) is 0 Å². The Bertz CT molecular complexity index is 411. The maximum Gasteiger partial charge on any atom is 0.225 e. The average molecular weight is 343 g/mol. The van der Waals surface area contributed by atoms with Crippen molar-refractivity contribution < 1.29 is 56.8 Å². The number of rotatable bonds is 3. The van der Waals surface area contributed by atoms with Gasteiger partial charge < -0.3 is 55.4 Å². The Hall–Kier alpha value is -0.440. The standard InChI is InChI=1S/C12H22O11/c13-1-3-5(15)7(17)9(19)11(22-3)12(21)10(20)8(18)6(16)4(2-14)23-12/h3-11,13-21H,1-2H2/t3-,4-,5-,6-,7+,8+,9-,10-,11-,12?/m1/s1/i11D. The highest BCUT2D eigenvalue weighted by Crippen LogP contribution is 2.37. The first-order chi connectivity index (χ1) is 11.0. The largest absolute Gasteiger partial charge is 0.394 e. The molecular weight excluding hydrogens is 320 g/mol. The van der Waals surface area contributed by atoms with Gasteiger partial charge in [-0.1, -0.05) is 0 Å². The summed E-state index contributed by atoms with van der Waals surface area (Å²) in [7, 11) is 0. The van der Waals surface area contributed by atoms with Gasteiger partial charge in [0, 0.05) is 0 Å². The molecule has 0 aromatic carbocycles. The molecular formula is C12H22O11. The van der Waals surface area contributed by atoms with Gasteiger partial charge in [0.25, 0.3) is 0 Å². The Labute approximate surface area is 132 Å². The fraction of sp³-hybridized carbons (Fsp3) is 1.00. The van der Waals surface area contributed by atoms with E-state index in [1.807, 2.05) is 0 Å². The molecule has 2 heterocycles. The molecule has 136 valence electrons. The van der Waals surface area contributed by atoms with Crippen LogP contribution in [0, 0.1) is 0 Å². The predicted octanol–water partition coefficient (Wildman–Crippen LogP) is -6.01. The van der Waals surface area contributed by atoms with Crippen LogP contribution in [-0.2, 0) is 9.47 Å². The van der Waals surface area contributed by atoms with E-state index in [0.29, 0.717) is 0 Å². The second kappa shape index (κ2) is 6.82. The van der Waals surface area contributed by atoms with Crippen molar-refractivity contribution >= 4 is 0 Å². The second-order valence-corrected chi connectivity index (χ2v) is 5.59. The Morgan fingerprint density at radius 1 is 0.783 bits per heavy atom. The lowest BCUT2D eigenvalue weighted by atomic mass is 9.83. The minimum Gasteiger partial charge on any atom is -0.394 e. The normalized spacial score (nSPS) is 58.7. The highest BCUT2D eigenvalue weighted by molar-refractivity contribution is 5.05. The minimum atomic E-state index is -3.22. The zero-order chi connectivity index (χ0) is 18.4. The van der Waals surface area contributed by atoms with Gasteiger partial charge in [0.2, 0.25) is 5.79 Å². The smallest absolute Gasteiger partial charge is 0.225 e. The monoisotopic (exact) mass is 343 g/mol. The molecule has 0 amide bonds. The molecule has 2 aliphatic heterocycles. The molecule has 2 aliphatic rings. The summed E-state index contributed by atoms with van der Waals surface area (Å²) in [4.78, 5) is 0.